The van der Waals surface area contributed by atoms with Gasteiger partial charge in [-0.05, 0) is 53.2 Å². The van der Waals surface area contributed by atoms with Gasteiger partial charge in [0, 0.05) is 5.02 Å². The van der Waals surface area contributed by atoms with Crippen LogP contribution in [-0.4, -0.2) is 40.6 Å². The molecule has 0 atom stereocenters. The smallest absolute Gasteiger partial charge is 0.266 e. The van der Waals surface area contributed by atoms with E-state index in [1.54, 1.807) is 4.83 Å². The summed E-state index contributed by atoms with van der Waals surface area (Å²) in [5.74, 6) is -1.87. The summed E-state index contributed by atoms with van der Waals surface area (Å²) in [6.45, 7) is -0.387. The summed E-state index contributed by atoms with van der Waals surface area (Å²) in [6.07, 6.45) is -2.65. The number of hydrogen-bond acceptors (Lipinski definition) is 6. The molecule has 1 aliphatic rings. The van der Waals surface area contributed by atoms with E-state index < -0.39 is 38.9 Å². The topological polar surface area (TPSA) is 101 Å². The van der Waals surface area contributed by atoms with Gasteiger partial charge in [0.05, 0.1) is 34.2 Å². The first-order valence-corrected chi connectivity index (χ1v) is 12.6. The van der Waals surface area contributed by atoms with Crippen LogP contribution in [0.1, 0.15) is 16.7 Å². The minimum atomic E-state index is -4.68. The van der Waals surface area contributed by atoms with E-state index in [-0.39, 0.29) is 38.5 Å². The van der Waals surface area contributed by atoms with Gasteiger partial charge in [0.1, 0.15) is 0 Å². The first-order chi connectivity index (χ1) is 16.2. The normalized spacial score (nSPS) is 16.2. The van der Waals surface area contributed by atoms with Crippen molar-refractivity contribution in [3.05, 3.63) is 69.0 Å². The second kappa shape index (κ2) is 8.93. The van der Waals surface area contributed by atoms with E-state index in [0.29, 0.717) is 16.8 Å². The summed E-state index contributed by atoms with van der Waals surface area (Å²) in [5.41, 5.74) is -0.663. The summed E-state index contributed by atoms with van der Waals surface area (Å²) in [5, 5.41) is 3.04. The Labute approximate surface area is 204 Å². The third kappa shape index (κ3) is 5.34. The number of alkyl halides is 3. The van der Waals surface area contributed by atoms with E-state index in [2.05, 4.69) is 5.10 Å². The van der Waals surface area contributed by atoms with Crippen molar-refractivity contribution in [2.75, 3.05) is 6.26 Å². The molecule has 0 unspecified atom stereocenters. The van der Waals surface area contributed by atoms with E-state index >= 15 is 0 Å². The van der Waals surface area contributed by atoms with Crippen molar-refractivity contribution in [2.45, 2.75) is 12.7 Å². The molecule has 35 heavy (non-hydrogen) atoms. The number of sulfonamides is 1. The highest BCUT2D eigenvalue weighted by atomic mass is 35.5. The van der Waals surface area contributed by atoms with Crippen molar-refractivity contribution in [3.63, 3.8) is 0 Å². The van der Waals surface area contributed by atoms with Crippen LogP contribution >= 0.6 is 23.4 Å². The zero-order valence-corrected chi connectivity index (χ0v) is 19.8. The Morgan fingerprint density at radius 2 is 1.89 bits per heavy atom. The molecule has 8 nitrogen and oxygen atoms in total. The summed E-state index contributed by atoms with van der Waals surface area (Å²) in [7, 11) is -3.89. The lowest BCUT2D eigenvalue weighted by Gasteiger charge is -2.13. The third-order valence-corrected chi connectivity index (χ3v) is 6.39. The fraction of sp³-hybridized carbons (Fsp3) is 0.150. The van der Waals surface area contributed by atoms with Crippen LogP contribution in [0.15, 0.2) is 41.3 Å². The molecule has 0 radical (unpaired) electrons. The fourth-order valence-electron chi connectivity index (χ4n) is 3.34. The summed E-state index contributed by atoms with van der Waals surface area (Å²) in [6, 6.07) is 7.41. The van der Waals surface area contributed by atoms with Gasteiger partial charge in [-0.2, -0.15) is 22.6 Å². The van der Waals surface area contributed by atoms with Gasteiger partial charge < -0.3 is 0 Å². The minimum absolute atomic E-state index is 0.0326. The molecule has 2 heterocycles. The first kappa shape index (κ1) is 25.2. The second-order valence-electron chi connectivity index (χ2n) is 7.40. The lowest BCUT2D eigenvalue weighted by molar-refractivity contribution is -0.138. The van der Waals surface area contributed by atoms with Crippen molar-refractivity contribution in [1.29, 1.82) is 0 Å². The number of nitrogens with zero attached hydrogens (tertiary/aromatic N) is 3. The molecule has 1 aliphatic heterocycles. The van der Waals surface area contributed by atoms with Gasteiger partial charge in [0.2, 0.25) is 16.0 Å². The largest absolute Gasteiger partial charge is 0.416 e. The molecule has 2 amide bonds. The Kier molecular flexibility index (Phi) is 6.42. The number of carbonyl (C=O) groups excluding carboxylic acids is 2. The lowest BCUT2D eigenvalue weighted by atomic mass is 10.1. The monoisotopic (exact) mass is 548 g/mol. The minimum Gasteiger partial charge on any atom is -0.266 e. The summed E-state index contributed by atoms with van der Waals surface area (Å²) < 4.78 is 78.6. The van der Waals surface area contributed by atoms with Gasteiger partial charge in [-0.25, -0.2) is 8.42 Å². The van der Waals surface area contributed by atoms with Crippen LogP contribution in [0.5, 0.6) is 0 Å². The molecule has 0 bridgehead atoms. The van der Waals surface area contributed by atoms with E-state index in [1.807, 2.05) is 0 Å². The number of carbonyl (C=O) groups is 2. The number of amides is 2. The average Bonchev–Trinajstić information content (AvgIpc) is 3.18. The van der Waals surface area contributed by atoms with Crippen LogP contribution in [-0.2, 0) is 27.5 Å². The maximum atomic E-state index is 14.6. The molecule has 0 aliphatic carbocycles. The highest BCUT2D eigenvalue weighted by molar-refractivity contribution is 8.18. The van der Waals surface area contributed by atoms with Gasteiger partial charge in [-0.15, -0.1) is 9.93 Å². The molecule has 1 fully saturated rings. The van der Waals surface area contributed by atoms with Crippen LogP contribution in [0.3, 0.4) is 0 Å². The number of hydrazine groups is 1. The third-order valence-electron chi connectivity index (χ3n) is 4.78. The van der Waals surface area contributed by atoms with Crippen LogP contribution in [0.4, 0.5) is 22.4 Å². The first-order valence-electron chi connectivity index (χ1n) is 9.50. The molecular formula is C20H13ClF4N4O4S2. The molecule has 1 saturated heterocycles. The van der Waals surface area contributed by atoms with E-state index in [4.69, 9.17) is 11.6 Å². The predicted molar refractivity (Wildman–Crippen MR) is 121 cm³/mol. The molecule has 3 aromatic rings. The molecule has 4 rings (SSSR count). The number of thioether (sulfide) groups is 1. The van der Waals surface area contributed by atoms with Gasteiger partial charge in [-0.3, -0.25) is 14.3 Å². The molecule has 15 heteroatoms. The maximum absolute atomic E-state index is 14.6. The van der Waals surface area contributed by atoms with E-state index in [0.717, 1.165) is 17.0 Å². The van der Waals surface area contributed by atoms with Gasteiger partial charge in [0.15, 0.2) is 0 Å². The standard InChI is InChI=1S/C20H13ClF4N4O4S2/c1-35(32,33)27-29-18(30)16(34-19(29)31)7-10-2-5-15-13(6-10)17(22)26-28(15)9-11-3-4-12(21)8-14(11)20(23,24)25/h2-8,27H,9H2,1H3. The number of imide groups is 1. The molecule has 184 valence electrons. The molecule has 2 aromatic carbocycles. The average molecular weight is 549 g/mol. The molecule has 1 aromatic heterocycles. The van der Waals surface area contributed by atoms with E-state index in [1.165, 1.54) is 36.4 Å². The Morgan fingerprint density at radius 3 is 2.54 bits per heavy atom. The zero-order valence-electron chi connectivity index (χ0n) is 17.4. The van der Waals surface area contributed by atoms with Gasteiger partial charge >= 0.3 is 11.4 Å². The number of rotatable bonds is 5. The fourth-order valence-corrected chi connectivity index (χ4v) is 4.85. The second-order valence-corrected chi connectivity index (χ2v) is 10.6. The number of fused-ring (bicyclic) bond motifs is 1. The highest BCUT2D eigenvalue weighted by Crippen LogP contribution is 2.35. The molecule has 0 saturated carbocycles. The number of benzene rings is 2. The van der Waals surface area contributed by atoms with E-state index in [9.17, 15) is 35.6 Å². The SMILES string of the molecule is CS(=O)(=O)NN1C(=O)SC(=Cc2ccc3c(c2)c(F)nn3Cc2ccc(Cl)cc2C(F)(F)F)C1=O. The number of aromatic nitrogens is 2. The van der Waals surface area contributed by atoms with Gasteiger partial charge in [-0.1, -0.05) is 23.7 Å². The molecule has 0 spiro atoms. The summed E-state index contributed by atoms with van der Waals surface area (Å²) >= 11 is 6.18. The van der Waals surface area contributed by atoms with Gasteiger partial charge in [0.25, 0.3) is 5.91 Å². The molecular weight excluding hydrogens is 536 g/mol. The Balaban J connectivity index is 1.67. The number of nitrogens with one attached hydrogen (secondary N) is 1. The number of halogens is 5. The van der Waals surface area contributed by atoms with Crippen LogP contribution < -0.4 is 4.83 Å². The zero-order chi connectivity index (χ0) is 25.7. The van der Waals surface area contributed by atoms with Crippen LogP contribution in [0.25, 0.3) is 17.0 Å². The highest BCUT2D eigenvalue weighted by Gasteiger charge is 2.37. The molecule has 1 N–H and O–H groups in total. The van der Waals surface area contributed by atoms with Crippen molar-refractivity contribution in [3.8, 4) is 0 Å². The van der Waals surface area contributed by atoms with Crippen LogP contribution in [0.2, 0.25) is 5.02 Å². The summed E-state index contributed by atoms with van der Waals surface area (Å²) in [4.78, 5) is 26.0. The Bertz CT molecular complexity index is 1520. The predicted octanol–water partition coefficient (Wildman–Crippen LogP) is 4.40. The van der Waals surface area contributed by atoms with Crippen LogP contribution in [0, 0.1) is 5.95 Å². The number of hydrogen-bond donors (Lipinski definition) is 1. The quantitative estimate of drug-likeness (QED) is 0.375. The van der Waals surface area contributed by atoms with Crippen molar-refractivity contribution in [2.24, 2.45) is 0 Å². The maximum Gasteiger partial charge on any atom is 0.416 e. The van der Waals surface area contributed by atoms with Crippen molar-refractivity contribution >= 4 is 61.5 Å². The van der Waals surface area contributed by atoms with Crippen molar-refractivity contribution in [1.82, 2.24) is 19.6 Å². The van der Waals surface area contributed by atoms with Crippen molar-refractivity contribution < 1.29 is 35.6 Å². The Hall–Kier alpha value is -2.94. The Morgan fingerprint density at radius 1 is 1.17 bits per heavy atom. The lowest BCUT2D eigenvalue weighted by Crippen LogP contribution is -2.44.